The molecule has 0 N–H and O–H groups in total. The summed E-state index contributed by atoms with van der Waals surface area (Å²) in [5, 5.41) is 0. The quantitative estimate of drug-likeness (QED) is 0.221. The van der Waals surface area contributed by atoms with Crippen molar-refractivity contribution in [3.63, 3.8) is 0 Å². The van der Waals surface area contributed by atoms with Crippen LogP contribution in [0.4, 0.5) is 5.69 Å². The van der Waals surface area contributed by atoms with Gasteiger partial charge in [-0.25, -0.2) is 0 Å². The average molecular weight is 418 g/mol. The maximum atomic E-state index is 13.1. The van der Waals surface area contributed by atoms with Crippen LogP contribution in [-0.4, -0.2) is 12.0 Å². The molecule has 32 heavy (non-hydrogen) atoms. The van der Waals surface area contributed by atoms with E-state index in [0.29, 0.717) is 5.56 Å². The van der Waals surface area contributed by atoms with E-state index in [0.717, 1.165) is 22.7 Å². The number of benzene rings is 4. The summed E-state index contributed by atoms with van der Waals surface area (Å²) in [6.45, 7) is 0. The zero-order valence-electron chi connectivity index (χ0n) is 17.5. The van der Waals surface area contributed by atoms with E-state index >= 15 is 0 Å². The molecule has 0 aliphatic rings. The van der Waals surface area contributed by atoms with Gasteiger partial charge in [0, 0.05) is 11.8 Å². The molecule has 0 radical (unpaired) electrons. The fourth-order valence-electron chi connectivity index (χ4n) is 3.20. The molecule has 156 valence electrons. The summed E-state index contributed by atoms with van der Waals surface area (Å²) in [4.78, 5) is 17.6. The molecule has 0 aliphatic carbocycles. The van der Waals surface area contributed by atoms with Crippen LogP contribution < -0.4 is 4.74 Å². The number of aliphatic imine (C=N–C) groups is 1. The number of nitrogens with zero attached hydrogens (tertiary/aromatic N) is 1. The highest BCUT2D eigenvalue weighted by Gasteiger charge is 2.15. The van der Waals surface area contributed by atoms with Crippen LogP contribution in [0.2, 0.25) is 0 Å². The Bertz CT molecular complexity index is 1200. The van der Waals surface area contributed by atoms with Crippen molar-refractivity contribution in [3.05, 3.63) is 132 Å². The van der Waals surface area contributed by atoms with Crippen molar-refractivity contribution in [1.29, 1.82) is 0 Å². The number of ketones is 1. The van der Waals surface area contributed by atoms with Crippen LogP contribution >= 0.6 is 0 Å². The van der Waals surface area contributed by atoms with Crippen molar-refractivity contribution in [2.24, 2.45) is 10.9 Å². The average Bonchev–Trinajstić information content (AvgIpc) is 2.86. The lowest BCUT2D eigenvalue weighted by Crippen LogP contribution is -2.13. The lowest BCUT2D eigenvalue weighted by Gasteiger charge is -2.08. The number of allylic oxidation sites excluding steroid dienone is 1. The molecule has 4 aromatic carbocycles. The van der Waals surface area contributed by atoms with E-state index in [-0.39, 0.29) is 5.78 Å². The maximum absolute atomic E-state index is 13.1. The third-order valence-electron chi connectivity index (χ3n) is 4.83. The molecule has 4 aromatic rings. The predicted molar refractivity (Wildman–Crippen MR) is 131 cm³/mol. The molecule has 3 nitrogen and oxygen atoms in total. The number of carbonyl (C=O) groups is 1. The Labute approximate surface area is 188 Å². The number of rotatable bonds is 8. The van der Waals surface area contributed by atoms with E-state index in [9.17, 15) is 4.79 Å². The molecule has 0 fully saturated rings. The normalized spacial score (nSPS) is 12.1. The van der Waals surface area contributed by atoms with E-state index < -0.39 is 5.92 Å². The molecule has 3 heteroatoms. The van der Waals surface area contributed by atoms with Gasteiger partial charge in [-0.1, -0.05) is 91.0 Å². The first-order valence-electron chi connectivity index (χ1n) is 10.5. The molecule has 4 rings (SSSR count). The first-order valence-corrected chi connectivity index (χ1v) is 10.5. The van der Waals surface area contributed by atoms with Crippen molar-refractivity contribution >= 4 is 23.8 Å². The molecule has 1 unspecified atom stereocenters. The maximum Gasteiger partial charge on any atom is 0.175 e. The standard InChI is InChI=1S/C29H23NO2/c31-29(24-12-4-1-5-13-24)25(22-30-26-14-6-2-7-15-26)20-19-23-11-10-18-28(21-23)32-27-16-8-3-9-17-27/h1-22,25H. The number of para-hydroxylation sites is 2. The fraction of sp³-hybridized carbons (Fsp3) is 0.0345. The number of ether oxygens (including phenoxy) is 1. The summed E-state index contributed by atoms with van der Waals surface area (Å²) in [6.07, 6.45) is 5.51. The number of hydrogen-bond donors (Lipinski definition) is 0. The Morgan fingerprint density at radius 2 is 1.34 bits per heavy atom. The first kappa shape index (κ1) is 21.0. The SMILES string of the molecule is O=C(c1ccccc1)C(C=Cc1cccc(Oc2ccccc2)c1)C=Nc1ccccc1. The van der Waals surface area contributed by atoms with Gasteiger partial charge in [-0.2, -0.15) is 0 Å². The molecule has 0 aromatic heterocycles. The Balaban J connectivity index is 1.57. The van der Waals surface area contributed by atoms with Gasteiger partial charge in [-0.05, 0) is 42.0 Å². The molecule has 0 saturated carbocycles. The van der Waals surface area contributed by atoms with Gasteiger partial charge in [-0.3, -0.25) is 9.79 Å². The number of carbonyl (C=O) groups excluding carboxylic acids is 1. The summed E-state index contributed by atoms with van der Waals surface area (Å²) in [6, 6.07) is 36.3. The molecular formula is C29H23NO2. The van der Waals surface area contributed by atoms with Crippen LogP contribution in [0.15, 0.2) is 126 Å². The number of hydrogen-bond acceptors (Lipinski definition) is 3. The molecule has 0 spiro atoms. The Morgan fingerprint density at radius 1 is 0.719 bits per heavy atom. The smallest absolute Gasteiger partial charge is 0.175 e. The van der Waals surface area contributed by atoms with Crippen molar-refractivity contribution in [3.8, 4) is 11.5 Å². The van der Waals surface area contributed by atoms with Crippen LogP contribution in [0.1, 0.15) is 15.9 Å². The minimum absolute atomic E-state index is 0.00165. The van der Waals surface area contributed by atoms with Gasteiger partial charge in [0.05, 0.1) is 11.6 Å². The third-order valence-corrected chi connectivity index (χ3v) is 4.83. The molecule has 0 amide bonds. The zero-order chi connectivity index (χ0) is 22.0. The van der Waals surface area contributed by atoms with E-state index in [2.05, 4.69) is 4.99 Å². The molecule has 0 bridgehead atoms. The second-order valence-electron chi connectivity index (χ2n) is 7.22. The molecule has 1 atom stereocenters. The fourth-order valence-corrected chi connectivity index (χ4v) is 3.20. The molecular weight excluding hydrogens is 394 g/mol. The van der Waals surface area contributed by atoms with Gasteiger partial charge < -0.3 is 4.74 Å². The second-order valence-corrected chi connectivity index (χ2v) is 7.22. The zero-order valence-corrected chi connectivity index (χ0v) is 17.5. The van der Waals surface area contributed by atoms with Gasteiger partial charge in [0.1, 0.15) is 11.5 Å². The highest BCUT2D eigenvalue weighted by atomic mass is 16.5. The Morgan fingerprint density at radius 3 is 2.06 bits per heavy atom. The molecule has 0 aliphatic heterocycles. The van der Waals surface area contributed by atoms with Crippen LogP contribution in [0.25, 0.3) is 6.08 Å². The van der Waals surface area contributed by atoms with E-state index in [4.69, 9.17) is 4.74 Å². The summed E-state index contributed by atoms with van der Waals surface area (Å²) < 4.78 is 5.92. The van der Waals surface area contributed by atoms with E-state index in [1.807, 2.05) is 127 Å². The topological polar surface area (TPSA) is 38.7 Å². The number of Topliss-reactive ketones (excluding diaryl/α,β-unsaturated/α-hetero) is 1. The van der Waals surface area contributed by atoms with Crippen LogP contribution in [0.5, 0.6) is 11.5 Å². The van der Waals surface area contributed by atoms with Crippen molar-refractivity contribution < 1.29 is 9.53 Å². The Hall–Kier alpha value is -4.24. The second kappa shape index (κ2) is 10.7. The first-order chi connectivity index (χ1) is 15.8. The van der Waals surface area contributed by atoms with Crippen molar-refractivity contribution in [2.45, 2.75) is 0 Å². The lowest BCUT2D eigenvalue weighted by molar-refractivity contribution is 0.0974. The van der Waals surface area contributed by atoms with Gasteiger partial charge in [0.25, 0.3) is 0 Å². The molecule has 0 heterocycles. The van der Waals surface area contributed by atoms with E-state index in [1.165, 1.54) is 0 Å². The van der Waals surface area contributed by atoms with Crippen molar-refractivity contribution in [1.82, 2.24) is 0 Å². The van der Waals surface area contributed by atoms with Crippen LogP contribution in [0.3, 0.4) is 0 Å². The van der Waals surface area contributed by atoms with Gasteiger partial charge >= 0.3 is 0 Å². The largest absolute Gasteiger partial charge is 0.457 e. The third kappa shape index (κ3) is 5.89. The minimum Gasteiger partial charge on any atom is -0.457 e. The van der Waals surface area contributed by atoms with Gasteiger partial charge in [-0.15, -0.1) is 0 Å². The lowest BCUT2D eigenvalue weighted by atomic mass is 9.97. The van der Waals surface area contributed by atoms with E-state index in [1.54, 1.807) is 6.21 Å². The Kier molecular flexibility index (Phi) is 7.02. The van der Waals surface area contributed by atoms with Crippen molar-refractivity contribution in [2.75, 3.05) is 0 Å². The van der Waals surface area contributed by atoms with Crippen LogP contribution in [0, 0.1) is 5.92 Å². The monoisotopic (exact) mass is 417 g/mol. The van der Waals surface area contributed by atoms with Gasteiger partial charge in [0.2, 0.25) is 0 Å². The predicted octanol–water partition coefficient (Wildman–Crippen LogP) is 7.39. The minimum atomic E-state index is -0.490. The van der Waals surface area contributed by atoms with Gasteiger partial charge in [0.15, 0.2) is 5.78 Å². The molecule has 0 saturated heterocycles. The van der Waals surface area contributed by atoms with Crippen LogP contribution in [-0.2, 0) is 0 Å². The summed E-state index contributed by atoms with van der Waals surface area (Å²) in [7, 11) is 0. The summed E-state index contributed by atoms with van der Waals surface area (Å²) >= 11 is 0. The highest BCUT2D eigenvalue weighted by Crippen LogP contribution is 2.23. The summed E-state index contributed by atoms with van der Waals surface area (Å²) in [5.74, 6) is 1.03. The summed E-state index contributed by atoms with van der Waals surface area (Å²) in [5.41, 5.74) is 2.41. The highest BCUT2D eigenvalue weighted by molar-refractivity contribution is 6.08.